The first-order valence-electron chi connectivity index (χ1n) is 6.23. The van der Waals surface area contributed by atoms with Gasteiger partial charge >= 0.3 is 0 Å². The molecule has 2 aromatic carbocycles. The standard InChI is InChI=1S/C16H18NO/c1-3-12-17(14-8-5-4-6-9-14)15-10-7-11-16(13-15)18-2/h5-11,13H,3,12H2,1-2H3. The van der Waals surface area contributed by atoms with E-state index in [1.807, 2.05) is 24.3 Å². The maximum Gasteiger partial charge on any atom is 0.120 e. The molecule has 2 rings (SSSR count). The van der Waals surface area contributed by atoms with Gasteiger partial charge in [-0.2, -0.15) is 0 Å². The van der Waals surface area contributed by atoms with Gasteiger partial charge in [-0.25, -0.2) is 0 Å². The minimum Gasteiger partial charge on any atom is -0.497 e. The number of methoxy groups -OCH3 is 1. The van der Waals surface area contributed by atoms with Crippen LogP contribution in [0.5, 0.6) is 5.75 Å². The molecule has 0 spiro atoms. The molecule has 0 aliphatic carbocycles. The summed E-state index contributed by atoms with van der Waals surface area (Å²) in [6, 6.07) is 19.2. The van der Waals surface area contributed by atoms with Crippen LogP contribution in [0.4, 0.5) is 11.4 Å². The Morgan fingerprint density at radius 1 is 1.11 bits per heavy atom. The summed E-state index contributed by atoms with van der Waals surface area (Å²) in [5, 5.41) is 0. The Balaban J connectivity index is 2.35. The molecule has 93 valence electrons. The molecular formula is C16H18NO. The molecular weight excluding hydrogens is 222 g/mol. The number of ether oxygens (including phenoxy) is 1. The Morgan fingerprint density at radius 2 is 1.89 bits per heavy atom. The van der Waals surface area contributed by atoms with E-state index in [0.717, 1.165) is 24.4 Å². The summed E-state index contributed by atoms with van der Waals surface area (Å²) in [6.45, 7) is 3.17. The SMILES string of the molecule is CCCN(c1cc[c]cc1)c1cccc(OC)c1. The fourth-order valence-corrected chi connectivity index (χ4v) is 1.97. The Bertz CT molecular complexity index is 481. The lowest BCUT2D eigenvalue weighted by Crippen LogP contribution is -2.17. The second-order valence-electron chi connectivity index (χ2n) is 4.11. The Morgan fingerprint density at radius 3 is 2.56 bits per heavy atom. The molecule has 2 heteroatoms. The molecule has 0 saturated heterocycles. The third kappa shape index (κ3) is 2.83. The highest BCUT2D eigenvalue weighted by molar-refractivity contribution is 5.64. The van der Waals surface area contributed by atoms with Crippen molar-refractivity contribution in [3.05, 3.63) is 54.6 Å². The zero-order chi connectivity index (χ0) is 12.8. The molecule has 0 aliphatic heterocycles. The molecule has 0 N–H and O–H groups in total. The zero-order valence-electron chi connectivity index (χ0n) is 10.9. The second-order valence-corrected chi connectivity index (χ2v) is 4.11. The van der Waals surface area contributed by atoms with Crippen LogP contribution in [0.3, 0.4) is 0 Å². The first kappa shape index (κ1) is 12.5. The van der Waals surface area contributed by atoms with Crippen molar-refractivity contribution >= 4 is 11.4 Å². The summed E-state index contributed by atoms with van der Waals surface area (Å²) in [5.74, 6) is 0.885. The summed E-state index contributed by atoms with van der Waals surface area (Å²) in [7, 11) is 1.70. The van der Waals surface area contributed by atoms with Gasteiger partial charge in [0.15, 0.2) is 0 Å². The Labute approximate surface area is 109 Å². The number of rotatable bonds is 5. The number of anilines is 2. The van der Waals surface area contributed by atoms with Crippen LogP contribution in [0.2, 0.25) is 0 Å². The lowest BCUT2D eigenvalue weighted by atomic mass is 10.2. The van der Waals surface area contributed by atoms with Crippen LogP contribution < -0.4 is 9.64 Å². The number of hydrogen-bond acceptors (Lipinski definition) is 2. The van der Waals surface area contributed by atoms with Crippen molar-refractivity contribution in [2.75, 3.05) is 18.6 Å². The van der Waals surface area contributed by atoms with Gasteiger partial charge in [0.2, 0.25) is 0 Å². The van der Waals surface area contributed by atoms with Gasteiger partial charge in [-0.15, -0.1) is 0 Å². The maximum absolute atomic E-state index is 5.29. The molecule has 0 heterocycles. The Hall–Kier alpha value is -1.96. The molecule has 0 atom stereocenters. The van der Waals surface area contributed by atoms with Crippen LogP contribution in [0.15, 0.2) is 48.5 Å². The predicted octanol–water partition coefficient (Wildman–Crippen LogP) is 4.04. The molecule has 0 fully saturated rings. The predicted molar refractivity (Wildman–Crippen MR) is 75.6 cm³/mol. The molecule has 0 unspecified atom stereocenters. The van der Waals surface area contributed by atoms with Crippen LogP contribution in [-0.2, 0) is 0 Å². The van der Waals surface area contributed by atoms with E-state index in [2.05, 4.69) is 42.2 Å². The molecule has 0 amide bonds. The van der Waals surface area contributed by atoms with Gasteiger partial charge in [0.05, 0.1) is 7.11 Å². The molecule has 18 heavy (non-hydrogen) atoms. The topological polar surface area (TPSA) is 12.5 Å². The second kappa shape index (κ2) is 6.10. The number of hydrogen-bond donors (Lipinski definition) is 0. The summed E-state index contributed by atoms with van der Waals surface area (Å²) in [4.78, 5) is 2.29. The minimum atomic E-state index is 0.885. The van der Waals surface area contributed by atoms with Gasteiger partial charge in [-0.3, -0.25) is 0 Å². The van der Waals surface area contributed by atoms with Crippen LogP contribution in [0, 0.1) is 6.07 Å². The van der Waals surface area contributed by atoms with E-state index in [0.29, 0.717) is 0 Å². The van der Waals surface area contributed by atoms with Crippen molar-refractivity contribution < 1.29 is 4.74 Å². The fraction of sp³-hybridized carbons (Fsp3) is 0.250. The van der Waals surface area contributed by atoms with Gasteiger partial charge in [0, 0.05) is 24.0 Å². The minimum absolute atomic E-state index is 0.885. The summed E-state index contributed by atoms with van der Waals surface area (Å²) in [6.07, 6.45) is 1.09. The third-order valence-electron chi connectivity index (χ3n) is 2.82. The highest BCUT2D eigenvalue weighted by Gasteiger charge is 2.08. The quantitative estimate of drug-likeness (QED) is 0.782. The van der Waals surface area contributed by atoms with Gasteiger partial charge in [0.1, 0.15) is 5.75 Å². The highest BCUT2D eigenvalue weighted by Crippen LogP contribution is 2.28. The molecule has 1 radical (unpaired) electrons. The monoisotopic (exact) mass is 240 g/mol. The van der Waals surface area contributed by atoms with Crippen molar-refractivity contribution in [3.63, 3.8) is 0 Å². The van der Waals surface area contributed by atoms with Gasteiger partial charge in [-0.05, 0) is 36.8 Å². The lowest BCUT2D eigenvalue weighted by Gasteiger charge is -2.24. The van der Waals surface area contributed by atoms with Crippen LogP contribution in [0.25, 0.3) is 0 Å². The van der Waals surface area contributed by atoms with E-state index in [1.165, 1.54) is 5.69 Å². The van der Waals surface area contributed by atoms with E-state index >= 15 is 0 Å². The number of nitrogens with zero attached hydrogens (tertiary/aromatic N) is 1. The van der Waals surface area contributed by atoms with Crippen molar-refractivity contribution in [2.45, 2.75) is 13.3 Å². The highest BCUT2D eigenvalue weighted by atomic mass is 16.5. The molecule has 0 aliphatic rings. The van der Waals surface area contributed by atoms with E-state index in [4.69, 9.17) is 4.74 Å². The van der Waals surface area contributed by atoms with Gasteiger partial charge < -0.3 is 9.64 Å². The van der Waals surface area contributed by atoms with E-state index in [9.17, 15) is 0 Å². The Kier molecular flexibility index (Phi) is 4.24. The van der Waals surface area contributed by atoms with Crippen molar-refractivity contribution in [3.8, 4) is 5.75 Å². The third-order valence-corrected chi connectivity index (χ3v) is 2.82. The summed E-state index contributed by atoms with van der Waals surface area (Å²) < 4.78 is 5.29. The van der Waals surface area contributed by atoms with E-state index in [-0.39, 0.29) is 0 Å². The average molecular weight is 240 g/mol. The van der Waals surface area contributed by atoms with Crippen molar-refractivity contribution in [1.82, 2.24) is 0 Å². The average Bonchev–Trinajstić information content (AvgIpc) is 2.46. The first-order valence-corrected chi connectivity index (χ1v) is 6.23. The summed E-state index contributed by atoms with van der Waals surface area (Å²) in [5.41, 5.74) is 2.34. The smallest absolute Gasteiger partial charge is 0.120 e. The maximum atomic E-state index is 5.29. The summed E-state index contributed by atoms with van der Waals surface area (Å²) >= 11 is 0. The molecule has 0 aromatic heterocycles. The normalized spacial score (nSPS) is 10.1. The van der Waals surface area contributed by atoms with Crippen molar-refractivity contribution in [1.29, 1.82) is 0 Å². The zero-order valence-corrected chi connectivity index (χ0v) is 10.9. The van der Waals surface area contributed by atoms with E-state index in [1.54, 1.807) is 7.11 Å². The molecule has 2 nitrogen and oxygen atoms in total. The van der Waals surface area contributed by atoms with Gasteiger partial charge in [-0.1, -0.05) is 25.1 Å². The first-order chi connectivity index (χ1) is 8.85. The fourth-order valence-electron chi connectivity index (χ4n) is 1.97. The van der Waals surface area contributed by atoms with Gasteiger partial charge in [0.25, 0.3) is 0 Å². The van der Waals surface area contributed by atoms with E-state index < -0.39 is 0 Å². The molecule has 0 bridgehead atoms. The van der Waals surface area contributed by atoms with Crippen molar-refractivity contribution in [2.24, 2.45) is 0 Å². The van der Waals surface area contributed by atoms with Crippen LogP contribution in [-0.4, -0.2) is 13.7 Å². The molecule has 0 saturated carbocycles. The number of benzene rings is 2. The van der Waals surface area contributed by atoms with Crippen LogP contribution >= 0.6 is 0 Å². The largest absolute Gasteiger partial charge is 0.497 e. The van der Waals surface area contributed by atoms with Crippen LogP contribution in [0.1, 0.15) is 13.3 Å². The lowest BCUT2D eigenvalue weighted by molar-refractivity contribution is 0.415. The molecule has 2 aromatic rings.